The normalized spacial score (nSPS) is 19.1. The van der Waals surface area contributed by atoms with Gasteiger partial charge in [0.2, 0.25) is 5.91 Å². The molecule has 1 aliphatic heterocycles. The molecule has 6 heteroatoms. The van der Waals surface area contributed by atoms with E-state index in [2.05, 4.69) is 0 Å². The van der Waals surface area contributed by atoms with E-state index in [4.69, 9.17) is 21.4 Å². The topological polar surface area (TPSA) is 66.8 Å². The molecule has 96 valence electrons. The van der Waals surface area contributed by atoms with E-state index in [0.29, 0.717) is 16.5 Å². The number of carboxylic acid groups (broad SMARTS) is 1. The van der Waals surface area contributed by atoms with Gasteiger partial charge in [-0.1, -0.05) is 11.6 Å². The first kappa shape index (κ1) is 12.7. The molecule has 0 aliphatic carbocycles. The van der Waals surface area contributed by atoms with Gasteiger partial charge in [0, 0.05) is 18.7 Å². The molecule has 1 saturated heterocycles. The molecule has 0 aromatic heterocycles. The van der Waals surface area contributed by atoms with Crippen molar-refractivity contribution in [2.45, 2.75) is 6.42 Å². The highest BCUT2D eigenvalue weighted by Crippen LogP contribution is 2.32. The number of nitrogens with zero attached hydrogens (tertiary/aromatic N) is 1. The van der Waals surface area contributed by atoms with Gasteiger partial charge in [-0.25, -0.2) is 0 Å². The Morgan fingerprint density at radius 2 is 2.28 bits per heavy atom. The van der Waals surface area contributed by atoms with Crippen LogP contribution in [0.5, 0.6) is 5.75 Å². The zero-order valence-corrected chi connectivity index (χ0v) is 10.5. The maximum atomic E-state index is 11.7. The number of hydrogen-bond acceptors (Lipinski definition) is 3. The molecule has 1 N–H and O–H groups in total. The standard InChI is InChI=1S/C12H12ClNO4/c1-18-10-3-2-8(5-9(10)13)14-6-7(12(16)17)4-11(14)15/h2-3,5,7H,4,6H2,1H3,(H,16,17). The average molecular weight is 270 g/mol. The molecule has 1 unspecified atom stereocenters. The fraction of sp³-hybridized carbons (Fsp3) is 0.333. The molecule has 0 spiro atoms. The van der Waals surface area contributed by atoms with E-state index in [0.717, 1.165) is 0 Å². The fourth-order valence-electron chi connectivity index (χ4n) is 1.95. The van der Waals surface area contributed by atoms with Crippen LogP contribution in [0.3, 0.4) is 0 Å². The van der Waals surface area contributed by atoms with Crippen molar-refractivity contribution in [2.24, 2.45) is 5.92 Å². The zero-order chi connectivity index (χ0) is 13.3. The predicted molar refractivity (Wildman–Crippen MR) is 66.1 cm³/mol. The molecule has 2 rings (SSSR count). The van der Waals surface area contributed by atoms with E-state index in [1.54, 1.807) is 18.2 Å². The Balaban J connectivity index is 2.24. The minimum Gasteiger partial charge on any atom is -0.495 e. The van der Waals surface area contributed by atoms with Crippen LogP contribution in [0.1, 0.15) is 6.42 Å². The highest BCUT2D eigenvalue weighted by Gasteiger charge is 2.35. The summed E-state index contributed by atoms with van der Waals surface area (Å²) in [4.78, 5) is 24.0. The Morgan fingerprint density at radius 3 is 2.78 bits per heavy atom. The Bertz CT molecular complexity index is 503. The number of amides is 1. The summed E-state index contributed by atoms with van der Waals surface area (Å²) < 4.78 is 5.02. The third-order valence-electron chi connectivity index (χ3n) is 2.92. The van der Waals surface area contributed by atoms with Gasteiger partial charge in [-0.3, -0.25) is 9.59 Å². The van der Waals surface area contributed by atoms with Gasteiger partial charge >= 0.3 is 5.97 Å². The van der Waals surface area contributed by atoms with Gasteiger partial charge in [0.05, 0.1) is 18.1 Å². The summed E-state index contributed by atoms with van der Waals surface area (Å²) in [7, 11) is 1.50. The summed E-state index contributed by atoms with van der Waals surface area (Å²) in [6.07, 6.45) is 0.0268. The lowest BCUT2D eigenvalue weighted by atomic mass is 10.1. The number of anilines is 1. The van der Waals surface area contributed by atoms with Crippen LogP contribution < -0.4 is 9.64 Å². The summed E-state index contributed by atoms with van der Waals surface area (Å²) in [6, 6.07) is 4.94. The number of methoxy groups -OCH3 is 1. The quantitative estimate of drug-likeness (QED) is 0.908. The van der Waals surface area contributed by atoms with Gasteiger partial charge in [0.1, 0.15) is 5.75 Å². The number of hydrogen-bond donors (Lipinski definition) is 1. The van der Waals surface area contributed by atoms with Crippen LogP contribution in [0.15, 0.2) is 18.2 Å². The molecule has 1 aromatic carbocycles. The summed E-state index contributed by atoms with van der Waals surface area (Å²) in [5.74, 6) is -1.30. The third-order valence-corrected chi connectivity index (χ3v) is 3.22. The molecule has 5 nitrogen and oxygen atoms in total. The van der Waals surface area contributed by atoms with Crippen molar-refractivity contribution >= 4 is 29.2 Å². The number of halogens is 1. The number of carboxylic acids is 1. The minimum atomic E-state index is -0.953. The summed E-state index contributed by atoms with van der Waals surface area (Å²) >= 11 is 5.98. The molecule has 18 heavy (non-hydrogen) atoms. The van der Waals surface area contributed by atoms with E-state index < -0.39 is 11.9 Å². The van der Waals surface area contributed by atoms with Crippen molar-refractivity contribution in [3.05, 3.63) is 23.2 Å². The molecule has 1 atom stereocenters. The predicted octanol–water partition coefficient (Wildman–Crippen LogP) is 1.79. The van der Waals surface area contributed by atoms with Crippen molar-refractivity contribution in [1.82, 2.24) is 0 Å². The molecule has 1 amide bonds. The summed E-state index contributed by atoms with van der Waals surface area (Å²) in [6.45, 7) is 0.177. The lowest BCUT2D eigenvalue weighted by Gasteiger charge is -2.17. The number of benzene rings is 1. The largest absolute Gasteiger partial charge is 0.495 e. The van der Waals surface area contributed by atoms with Crippen LogP contribution in [0.25, 0.3) is 0 Å². The molecule has 0 saturated carbocycles. The Kier molecular flexibility index (Phi) is 3.43. The Morgan fingerprint density at radius 1 is 1.56 bits per heavy atom. The molecule has 1 aliphatic rings. The smallest absolute Gasteiger partial charge is 0.308 e. The van der Waals surface area contributed by atoms with Crippen LogP contribution in [0, 0.1) is 5.92 Å². The molecule has 1 aromatic rings. The number of rotatable bonds is 3. The van der Waals surface area contributed by atoms with E-state index in [-0.39, 0.29) is 18.9 Å². The first-order chi connectivity index (χ1) is 8.52. The monoisotopic (exact) mass is 269 g/mol. The maximum absolute atomic E-state index is 11.7. The molecule has 0 radical (unpaired) electrons. The van der Waals surface area contributed by atoms with Crippen LogP contribution in [0.2, 0.25) is 5.02 Å². The average Bonchev–Trinajstić information content (AvgIpc) is 2.71. The molecule has 1 heterocycles. The van der Waals surface area contributed by atoms with Crippen molar-refractivity contribution in [1.29, 1.82) is 0 Å². The number of carbonyl (C=O) groups excluding carboxylic acids is 1. The summed E-state index contributed by atoms with van der Waals surface area (Å²) in [5, 5.41) is 9.30. The van der Waals surface area contributed by atoms with E-state index in [1.165, 1.54) is 12.0 Å². The second kappa shape index (κ2) is 4.86. The number of carbonyl (C=O) groups is 2. The highest BCUT2D eigenvalue weighted by atomic mass is 35.5. The molecule has 1 fully saturated rings. The van der Waals surface area contributed by atoms with Gasteiger partial charge in [0.25, 0.3) is 0 Å². The van der Waals surface area contributed by atoms with Crippen LogP contribution in [-0.4, -0.2) is 30.6 Å². The zero-order valence-electron chi connectivity index (χ0n) is 9.72. The number of aliphatic carboxylic acids is 1. The molecular weight excluding hydrogens is 258 g/mol. The van der Waals surface area contributed by atoms with Gasteiger partial charge in [0.15, 0.2) is 0 Å². The lowest BCUT2D eigenvalue weighted by Crippen LogP contribution is -2.25. The van der Waals surface area contributed by atoms with E-state index in [1.807, 2.05) is 0 Å². The second-order valence-corrected chi connectivity index (χ2v) is 4.47. The summed E-state index contributed by atoms with van der Waals surface area (Å²) in [5.41, 5.74) is 0.592. The molecular formula is C12H12ClNO4. The van der Waals surface area contributed by atoms with Crippen molar-refractivity contribution in [3.8, 4) is 5.75 Å². The first-order valence-corrected chi connectivity index (χ1v) is 5.77. The Labute approximate surface area is 109 Å². The van der Waals surface area contributed by atoms with Crippen molar-refractivity contribution in [2.75, 3.05) is 18.6 Å². The highest BCUT2D eigenvalue weighted by molar-refractivity contribution is 6.32. The minimum absolute atomic E-state index is 0.0268. The van der Waals surface area contributed by atoms with Crippen LogP contribution in [-0.2, 0) is 9.59 Å². The molecule has 0 bridgehead atoms. The maximum Gasteiger partial charge on any atom is 0.308 e. The van der Waals surface area contributed by atoms with E-state index in [9.17, 15) is 9.59 Å². The van der Waals surface area contributed by atoms with Gasteiger partial charge in [-0.2, -0.15) is 0 Å². The van der Waals surface area contributed by atoms with Crippen LogP contribution in [0.4, 0.5) is 5.69 Å². The van der Waals surface area contributed by atoms with Crippen molar-refractivity contribution in [3.63, 3.8) is 0 Å². The first-order valence-electron chi connectivity index (χ1n) is 5.39. The Hall–Kier alpha value is -1.75. The van der Waals surface area contributed by atoms with Gasteiger partial charge < -0.3 is 14.7 Å². The fourth-order valence-corrected chi connectivity index (χ4v) is 2.20. The van der Waals surface area contributed by atoms with Gasteiger partial charge in [-0.05, 0) is 18.2 Å². The number of ether oxygens (including phenoxy) is 1. The van der Waals surface area contributed by atoms with Crippen LogP contribution >= 0.6 is 11.6 Å². The lowest BCUT2D eigenvalue weighted by molar-refractivity contribution is -0.141. The third kappa shape index (κ3) is 2.26. The SMILES string of the molecule is COc1ccc(N2CC(C(=O)O)CC2=O)cc1Cl. The second-order valence-electron chi connectivity index (χ2n) is 4.06. The van der Waals surface area contributed by atoms with Crippen molar-refractivity contribution < 1.29 is 19.4 Å². The van der Waals surface area contributed by atoms with Gasteiger partial charge in [-0.15, -0.1) is 0 Å². The van der Waals surface area contributed by atoms with E-state index >= 15 is 0 Å².